The lowest BCUT2D eigenvalue weighted by molar-refractivity contribution is 0.283. The highest BCUT2D eigenvalue weighted by molar-refractivity contribution is 5.35. The normalized spacial score (nSPS) is 10.2. The van der Waals surface area contributed by atoms with Crippen molar-refractivity contribution in [1.82, 2.24) is 9.97 Å². The molecule has 0 bridgehead atoms. The Balaban J connectivity index is 2.63. The molecule has 18 heavy (non-hydrogen) atoms. The average molecular weight is 255 g/mol. The average Bonchev–Trinajstić information content (AvgIpc) is 2.42. The van der Waals surface area contributed by atoms with E-state index in [-0.39, 0.29) is 6.61 Å². The highest BCUT2D eigenvalue weighted by Crippen LogP contribution is 2.19. The fraction of sp³-hybridized carbons (Fsp3) is 0.667. The molecule has 102 valence electrons. The molecular formula is C12H21N3O3. The van der Waals surface area contributed by atoms with Crippen molar-refractivity contribution in [2.75, 3.05) is 39.3 Å². The van der Waals surface area contributed by atoms with Crippen LogP contribution in [0.3, 0.4) is 0 Å². The molecule has 1 aromatic rings. The number of nitrogens with zero attached hydrogens (tertiary/aromatic N) is 3. The predicted molar refractivity (Wildman–Crippen MR) is 69.3 cm³/mol. The predicted octanol–water partition coefficient (Wildman–Crippen LogP) is 1.09. The summed E-state index contributed by atoms with van der Waals surface area (Å²) in [7, 11) is 5.05. The van der Waals surface area contributed by atoms with Crippen LogP contribution in [0.25, 0.3) is 0 Å². The van der Waals surface area contributed by atoms with Gasteiger partial charge in [0.15, 0.2) is 0 Å². The first kappa shape index (κ1) is 14.5. The van der Waals surface area contributed by atoms with Gasteiger partial charge in [-0.15, -0.1) is 0 Å². The zero-order valence-electron chi connectivity index (χ0n) is 11.2. The summed E-state index contributed by atoms with van der Waals surface area (Å²) in [5.41, 5.74) is 0. The lowest BCUT2D eigenvalue weighted by Gasteiger charge is -2.17. The molecule has 0 fully saturated rings. The monoisotopic (exact) mass is 255 g/mol. The zero-order chi connectivity index (χ0) is 13.4. The van der Waals surface area contributed by atoms with Crippen molar-refractivity contribution >= 4 is 5.95 Å². The highest BCUT2D eigenvalue weighted by Gasteiger charge is 2.09. The molecule has 0 saturated carbocycles. The van der Waals surface area contributed by atoms with Crippen molar-refractivity contribution in [1.29, 1.82) is 0 Å². The molecule has 1 heterocycles. The van der Waals surface area contributed by atoms with Gasteiger partial charge in [0.25, 0.3) is 0 Å². The van der Waals surface area contributed by atoms with Crippen LogP contribution in [-0.2, 0) is 0 Å². The number of ether oxygens (including phenoxy) is 2. The van der Waals surface area contributed by atoms with Crippen LogP contribution in [0.1, 0.15) is 19.3 Å². The van der Waals surface area contributed by atoms with E-state index in [0.29, 0.717) is 17.7 Å². The van der Waals surface area contributed by atoms with Crippen LogP contribution in [0, 0.1) is 0 Å². The summed E-state index contributed by atoms with van der Waals surface area (Å²) in [6, 6.07) is 1.64. The molecule has 0 saturated heterocycles. The van der Waals surface area contributed by atoms with Crippen LogP contribution in [0.2, 0.25) is 0 Å². The molecule has 0 aliphatic rings. The number of aromatic nitrogens is 2. The SMILES string of the molecule is COc1cc(OC)nc(N(C)CCCCCO)n1. The lowest BCUT2D eigenvalue weighted by atomic mass is 10.2. The zero-order valence-corrected chi connectivity index (χ0v) is 11.2. The first-order valence-corrected chi connectivity index (χ1v) is 6.00. The summed E-state index contributed by atoms with van der Waals surface area (Å²) in [6.07, 6.45) is 2.80. The maximum Gasteiger partial charge on any atom is 0.231 e. The van der Waals surface area contributed by atoms with Gasteiger partial charge in [-0.1, -0.05) is 0 Å². The molecule has 0 aliphatic heterocycles. The van der Waals surface area contributed by atoms with E-state index in [9.17, 15) is 0 Å². The Kier molecular flexibility index (Phi) is 6.21. The molecule has 6 nitrogen and oxygen atoms in total. The number of hydrogen-bond donors (Lipinski definition) is 1. The summed E-state index contributed by atoms with van der Waals surface area (Å²) in [5, 5.41) is 8.71. The van der Waals surface area contributed by atoms with Gasteiger partial charge in [-0.3, -0.25) is 0 Å². The van der Waals surface area contributed by atoms with Crippen molar-refractivity contribution in [3.8, 4) is 11.8 Å². The van der Waals surface area contributed by atoms with E-state index in [1.807, 2.05) is 11.9 Å². The summed E-state index contributed by atoms with van der Waals surface area (Å²) >= 11 is 0. The third-order valence-electron chi connectivity index (χ3n) is 2.58. The van der Waals surface area contributed by atoms with Crippen LogP contribution in [0.4, 0.5) is 5.95 Å². The Labute approximate surface area is 108 Å². The molecule has 0 amide bonds. The van der Waals surface area contributed by atoms with Crippen molar-refractivity contribution < 1.29 is 14.6 Å². The van der Waals surface area contributed by atoms with Crippen molar-refractivity contribution in [2.45, 2.75) is 19.3 Å². The van der Waals surface area contributed by atoms with Crippen LogP contribution >= 0.6 is 0 Å². The van der Waals surface area contributed by atoms with Gasteiger partial charge in [0.2, 0.25) is 17.7 Å². The topological polar surface area (TPSA) is 67.7 Å². The van der Waals surface area contributed by atoms with Gasteiger partial charge in [-0.2, -0.15) is 9.97 Å². The quantitative estimate of drug-likeness (QED) is 0.701. The van der Waals surface area contributed by atoms with Gasteiger partial charge in [-0.25, -0.2) is 0 Å². The van der Waals surface area contributed by atoms with Crippen LogP contribution in [0.5, 0.6) is 11.8 Å². The van der Waals surface area contributed by atoms with Crippen LogP contribution in [-0.4, -0.2) is 49.5 Å². The fourth-order valence-corrected chi connectivity index (χ4v) is 1.51. The van der Waals surface area contributed by atoms with Crippen molar-refractivity contribution in [3.05, 3.63) is 6.07 Å². The molecule has 0 aromatic carbocycles. The lowest BCUT2D eigenvalue weighted by Crippen LogP contribution is -2.21. The summed E-state index contributed by atoms with van der Waals surface area (Å²) in [6.45, 7) is 1.07. The number of rotatable bonds is 8. The van der Waals surface area contributed by atoms with Gasteiger partial charge in [0.1, 0.15) is 0 Å². The van der Waals surface area contributed by atoms with E-state index >= 15 is 0 Å². The van der Waals surface area contributed by atoms with Gasteiger partial charge in [0.05, 0.1) is 20.3 Å². The minimum absolute atomic E-state index is 0.243. The Bertz CT molecular complexity index is 338. The number of hydrogen-bond acceptors (Lipinski definition) is 6. The first-order chi connectivity index (χ1) is 8.71. The maximum absolute atomic E-state index is 8.71. The van der Waals surface area contributed by atoms with Gasteiger partial charge < -0.3 is 19.5 Å². The molecule has 6 heteroatoms. The molecule has 0 aliphatic carbocycles. The van der Waals surface area contributed by atoms with Crippen LogP contribution in [0.15, 0.2) is 6.07 Å². The number of methoxy groups -OCH3 is 2. The molecule has 0 spiro atoms. The minimum atomic E-state index is 0.243. The van der Waals surface area contributed by atoms with E-state index in [4.69, 9.17) is 14.6 Å². The highest BCUT2D eigenvalue weighted by atomic mass is 16.5. The standard InChI is InChI=1S/C12H21N3O3/c1-15(7-5-4-6-8-16)12-13-10(17-2)9-11(14-12)18-3/h9,16H,4-8H2,1-3H3. The molecule has 1 N–H and O–H groups in total. The van der Waals surface area contributed by atoms with Gasteiger partial charge in [0, 0.05) is 20.2 Å². The van der Waals surface area contributed by atoms with E-state index in [0.717, 1.165) is 25.8 Å². The van der Waals surface area contributed by atoms with E-state index in [1.165, 1.54) is 0 Å². The molecule has 1 aromatic heterocycles. The van der Waals surface area contributed by atoms with Crippen molar-refractivity contribution in [3.63, 3.8) is 0 Å². The largest absolute Gasteiger partial charge is 0.481 e. The maximum atomic E-state index is 8.71. The van der Waals surface area contributed by atoms with E-state index in [1.54, 1.807) is 20.3 Å². The summed E-state index contributed by atoms with van der Waals surface area (Å²) in [5.74, 6) is 1.55. The smallest absolute Gasteiger partial charge is 0.231 e. The Morgan fingerprint density at radius 3 is 2.22 bits per heavy atom. The second-order valence-corrected chi connectivity index (χ2v) is 3.96. The number of aliphatic hydroxyl groups is 1. The second-order valence-electron chi connectivity index (χ2n) is 3.96. The first-order valence-electron chi connectivity index (χ1n) is 6.00. The van der Waals surface area contributed by atoms with Gasteiger partial charge >= 0.3 is 0 Å². The number of aliphatic hydroxyl groups excluding tert-OH is 1. The third-order valence-corrected chi connectivity index (χ3v) is 2.58. The van der Waals surface area contributed by atoms with Crippen molar-refractivity contribution in [2.24, 2.45) is 0 Å². The second kappa shape index (κ2) is 7.71. The minimum Gasteiger partial charge on any atom is -0.481 e. The van der Waals surface area contributed by atoms with E-state index in [2.05, 4.69) is 9.97 Å². The Morgan fingerprint density at radius 1 is 1.11 bits per heavy atom. The molecule has 1 rings (SSSR count). The number of anilines is 1. The summed E-state index contributed by atoms with van der Waals surface area (Å²) < 4.78 is 10.2. The van der Waals surface area contributed by atoms with Gasteiger partial charge in [-0.05, 0) is 19.3 Å². The molecule has 0 radical (unpaired) electrons. The Hall–Kier alpha value is -1.56. The fourth-order valence-electron chi connectivity index (χ4n) is 1.51. The van der Waals surface area contributed by atoms with E-state index < -0.39 is 0 Å². The Morgan fingerprint density at radius 2 is 1.72 bits per heavy atom. The molecule has 0 atom stereocenters. The number of unbranched alkanes of at least 4 members (excludes halogenated alkanes) is 2. The third kappa shape index (κ3) is 4.37. The molecule has 0 unspecified atom stereocenters. The molecular weight excluding hydrogens is 234 g/mol. The summed E-state index contributed by atoms with van der Waals surface area (Å²) in [4.78, 5) is 10.5. The van der Waals surface area contributed by atoms with Crippen LogP contribution < -0.4 is 14.4 Å².